The second-order valence-corrected chi connectivity index (χ2v) is 4.93. The molecule has 6 nitrogen and oxygen atoms in total. The summed E-state index contributed by atoms with van der Waals surface area (Å²) in [6, 6.07) is 5.90. The summed E-state index contributed by atoms with van der Waals surface area (Å²) < 4.78 is 6.89. The molecule has 3 rings (SSSR count). The molecule has 1 saturated carbocycles. The number of fused-ring (bicyclic) bond motifs is 1. The molecule has 0 aromatic carbocycles. The van der Waals surface area contributed by atoms with E-state index >= 15 is 0 Å². The molecule has 6 heteroatoms. The van der Waals surface area contributed by atoms with Gasteiger partial charge in [0.25, 0.3) is 0 Å². The van der Waals surface area contributed by atoms with Crippen molar-refractivity contribution in [1.29, 1.82) is 0 Å². The van der Waals surface area contributed by atoms with Crippen LogP contribution in [0.25, 0.3) is 5.52 Å². The molecular weight excluding hydrogens is 244 g/mol. The van der Waals surface area contributed by atoms with Gasteiger partial charge in [-0.2, -0.15) is 0 Å². The maximum atomic E-state index is 10.8. The SMILES string of the molecule is NC(=O)O[C@@H]1CCC[C@H](c2nnn3ccccc23)C1. The second kappa shape index (κ2) is 4.87. The average Bonchev–Trinajstić information content (AvgIpc) is 2.82. The number of carbonyl (C=O) groups excluding carboxylic acids is 1. The van der Waals surface area contributed by atoms with E-state index in [9.17, 15) is 4.79 Å². The lowest BCUT2D eigenvalue weighted by Gasteiger charge is -2.27. The first-order valence-corrected chi connectivity index (χ1v) is 6.50. The Balaban J connectivity index is 1.83. The van der Waals surface area contributed by atoms with Crippen molar-refractivity contribution in [3.8, 4) is 0 Å². The largest absolute Gasteiger partial charge is 0.446 e. The number of nitrogens with zero attached hydrogens (tertiary/aromatic N) is 3. The van der Waals surface area contributed by atoms with Crippen molar-refractivity contribution in [2.75, 3.05) is 0 Å². The van der Waals surface area contributed by atoms with Crippen molar-refractivity contribution in [3.05, 3.63) is 30.1 Å². The minimum Gasteiger partial charge on any atom is -0.446 e. The van der Waals surface area contributed by atoms with Crippen LogP contribution in [0.3, 0.4) is 0 Å². The van der Waals surface area contributed by atoms with Crippen molar-refractivity contribution in [3.63, 3.8) is 0 Å². The lowest BCUT2D eigenvalue weighted by atomic mass is 9.84. The van der Waals surface area contributed by atoms with Gasteiger partial charge in [-0.05, 0) is 37.8 Å². The highest BCUT2D eigenvalue weighted by molar-refractivity contribution is 5.64. The predicted molar refractivity (Wildman–Crippen MR) is 68.7 cm³/mol. The highest BCUT2D eigenvalue weighted by atomic mass is 16.6. The number of amides is 1. The summed E-state index contributed by atoms with van der Waals surface area (Å²) in [4.78, 5) is 10.8. The molecule has 2 N–H and O–H groups in total. The maximum absolute atomic E-state index is 10.8. The van der Waals surface area contributed by atoms with Gasteiger partial charge in [0.05, 0.1) is 11.2 Å². The van der Waals surface area contributed by atoms with Crippen molar-refractivity contribution < 1.29 is 9.53 Å². The first-order chi connectivity index (χ1) is 9.24. The first-order valence-electron chi connectivity index (χ1n) is 6.50. The Morgan fingerprint density at radius 1 is 1.42 bits per heavy atom. The maximum Gasteiger partial charge on any atom is 0.404 e. The van der Waals surface area contributed by atoms with E-state index in [1.165, 1.54) is 0 Å². The summed E-state index contributed by atoms with van der Waals surface area (Å²) in [5.41, 5.74) is 7.09. The fourth-order valence-electron chi connectivity index (χ4n) is 2.82. The Hall–Kier alpha value is -2.11. The average molecular weight is 260 g/mol. The van der Waals surface area contributed by atoms with Gasteiger partial charge >= 0.3 is 6.09 Å². The molecule has 2 atom stereocenters. The van der Waals surface area contributed by atoms with Crippen molar-refractivity contribution >= 4 is 11.6 Å². The number of ether oxygens (including phenoxy) is 1. The Labute approximate surface area is 110 Å². The number of primary amides is 1. The number of hydrogen-bond donors (Lipinski definition) is 1. The molecule has 1 aliphatic carbocycles. The molecule has 1 aliphatic rings. The number of hydrogen-bond acceptors (Lipinski definition) is 4. The molecular formula is C13H16N4O2. The highest BCUT2D eigenvalue weighted by Gasteiger charge is 2.28. The third kappa shape index (κ3) is 2.38. The summed E-state index contributed by atoms with van der Waals surface area (Å²) in [6.07, 6.45) is 4.78. The summed E-state index contributed by atoms with van der Waals surface area (Å²) in [5, 5.41) is 8.39. The van der Waals surface area contributed by atoms with Gasteiger partial charge in [-0.3, -0.25) is 0 Å². The summed E-state index contributed by atoms with van der Waals surface area (Å²) >= 11 is 0. The second-order valence-electron chi connectivity index (χ2n) is 4.93. The van der Waals surface area contributed by atoms with Crippen molar-refractivity contribution in [1.82, 2.24) is 14.8 Å². The Morgan fingerprint density at radius 3 is 3.16 bits per heavy atom. The van der Waals surface area contributed by atoms with Crippen LogP contribution in [0.5, 0.6) is 0 Å². The molecule has 0 spiro atoms. The van der Waals surface area contributed by atoms with E-state index in [1.54, 1.807) is 4.52 Å². The van der Waals surface area contributed by atoms with Crippen LogP contribution < -0.4 is 5.73 Å². The molecule has 100 valence electrons. The van der Waals surface area contributed by atoms with Crippen molar-refractivity contribution in [2.24, 2.45) is 5.73 Å². The monoisotopic (exact) mass is 260 g/mol. The normalized spacial score (nSPS) is 23.4. The lowest BCUT2D eigenvalue weighted by Crippen LogP contribution is -2.27. The molecule has 2 aromatic heterocycles. The number of rotatable bonds is 2. The topological polar surface area (TPSA) is 82.5 Å². The minimum absolute atomic E-state index is 0.100. The third-order valence-corrected chi connectivity index (χ3v) is 3.65. The molecule has 2 aromatic rings. The summed E-state index contributed by atoms with van der Waals surface area (Å²) in [5.74, 6) is 0.276. The molecule has 19 heavy (non-hydrogen) atoms. The van der Waals surface area contributed by atoms with Crippen molar-refractivity contribution in [2.45, 2.75) is 37.7 Å². The fourth-order valence-corrected chi connectivity index (χ4v) is 2.82. The van der Waals surface area contributed by atoms with Crippen LogP contribution in [-0.4, -0.2) is 27.0 Å². The van der Waals surface area contributed by atoms with Crippen LogP contribution in [0.4, 0.5) is 4.79 Å². The van der Waals surface area contributed by atoms with E-state index in [0.717, 1.165) is 36.9 Å². The van der Waals surface area contributed by atoms with Crippen LogP contribution in [0.15, 0.2) is 24.4 Å². The summed E-state index contributed by atoms with van der Waals surface area (Å²) in [6.45, 7) is 0. The van der Waals surface area contributed by atoms with Gasteiger partial charge in [0.2, 0.25) is 0 Å². The van der Waals surface area contributed by atoms with Gasteiger partial charge in [-0.15, -0.1) is 5.10 Å². The van der Waals surface area contributed by atoms with E-state index in [0.29, 0.717) is 0 Å². The number of nitrogens with two attached hydrogens (primary N) is 1. The van der Waals surface area contributed by atoms with Gasteiger partial charge in [0.15, 0.2) is 0 Å². The quantitative estimate of drug-likeness (QED) is 0.893. The number of aromatic nitrogens is 3. The van der Waals surface area contributed by atoms with Gasteiger partial charge in [-0.1, -0.05) is 11.3 Å². The van der Waals surface area contributed by atoms with E-state index in [2.05, 4.69) is 10.3 Å². The van der Waals surface area contributed by atoms with Gasteiger partial charge in [-0.25, -0.2) is 9.31 Å². The zero-order valence-electron chi connectivity index (χ0n) is 10.5. The van der Waals surface area contributed by atoms with Gasteiger partial charge < -0.3 is 10.5 Å². The highest BCUT2D eigenvalue weighted by Crippen LogP contribution is 2.34. The van der Waals surface area contributed by atoms with E-state index in [-0.39, 0.29) is 12.0 Å². The molecule has 1 amide bonds. The molecule has 0 unspecified atom stereocenters. The molecule has 0 radical (unpaired) electrons. The molecule has 0 aliphatic heterocycles. The zero-order valence-corrected chi connectivity index (χ0v) is 10.5. The van der Waals surface area contributed by atoms with Gasteiger partial charge in [0, 0.05) is 12.1 Å². The van der Waals surface area contributed by atoms with Crippen LogP contribution in [0, 0.1) is 0 Å². The Morgan fingerprint density at radius 2 is 2.32 bits per heavy atom. The van der Waals surface area contributed by atoms with Crippen LogP contribution >= 0.6 is 0 Å². The summed E-state index contributed by atoms with van der Waals surface area (Å²) in [7, 11) is 0. The first kappa shape index (κ1) is 12.0. The lowest BCUT2D eigenvalue weighted by molar-refractivity contribution is 0.0766. The zero-order chi connectivity index (χ0) is 13.2. The van der Waals surface area contributed by atoms with E-state index in [1.807, 2.05) is 24.4 Å². The van der Waals surface area contributed by atoms with Gasteiger partial charge in [0.1, 0.15) is 6.10 Å². The predicted octanol–water partition coefficient (Wildman–Crippen LogP) is 1.85. The molecule has 2 heterocycles. The molecule has 0 saturated heterocycles. The molecule has 1 fully saturated rings. The van der Waals surface area contributed by atoms with E-state index in [4.69, 9.17) is 10.5 Å². The van der Waals surface area contributed by atoms with Crippen LogP contribution in [0.1, 0.15) is 37.3 Å². The van der Waals surface area contributed by atoms with Crippen LogP contribution in [-0.2, 0) is 4.74 Å². The Bertz CT molecular complexity index is 595. The Kier molecular flexibility index (Phi) is 3.06. The van der Waals surface area contributed by atoms with Crippen LogP contribution in [0.2, 0.25) is 0 Å². The number of carbonyl (C=O) groups is 1. The number of pyridine rings is 1. The molecule has 0 bridgehead atoms. The minimum atomic E-state index is -0.696. The smallest absolute Gasteiger partial charge is 0.404 e. The third-order valence-electron chi connectivity index (χ3n) is 3.65. The fraction of sp³-hybridized carbons (Fsp3) is 0.462. The van der Waals surface area contributed by atoms with E-state index < -0.39 is 6.09 Å². The standard InChI is InChI=1S/C13H16N4O2/c14-13(18)19-10-5-3-4-9(8-10)12-11-6-1-2-7-17(11)16-15-12/h1-2,6-7,9-10H,3-5,8H2,(H2,14,18)/t9-,10+/m0/s1.